The fourth-order valence-electron chi connectivity index (χ4n) is 2.47. The van der Waals surface area contributed by atoms with Crippen molar-refractivity contribution in [1.29, 1.82) is 0 Å². The van der Waals surface area contributed by atoms with E-state index in [9.17, 15) is 0 Å². The van der Waals surface area contributed by atoms with E-state index in [4.69, 9.17) is 31.0 Å². The zero-order chi connectivity index (χ0) is 23.1. The van der Waals surface area contributed by atoms with Crippen LogP contribution in [0.2, 0.25) is 6.04 Å². The molecule has 0 heterocycles. The lowest BCUT2D eigenvalue weighted by Crippen LogP contribution is -2.50. The van der Waals surface area contributed by atoms with Crippen molar-refractivity contribution < 1.29 is 31.0 Å². The molecule has 0 aliphatic rings. The van der Waals surface area contributed by atoms with Gasteiger partial charge in [-0.15, -0.1) is 0 Å². The molecule has 0 unspecified atom stereocenters. The van der Waals surface area contributed by atoms with Gasteiger partial charge in [0.05, 0.1) is 0 Å². The first-order chi connectivity index (χ1) is 14.5. The summed E-state index contributed by atoms with van der Waals surface area (Å²) in [7, 11) is -5.17. The van der Waals surface area contributed by atoms with Crippen LogP contribution in [-0.2, 0) is 31.0 Å². The average molecular weight is 471 g/mol. The van der Waals surface area contributed by atoms with Crippen molar-refractivity contribution in [2.75, 3.05) is 46.2 Å². The highest BCUT2D eigenvalue weighted by molar-refractivity contribution is 6.60. The Bertz CT molecular complexity index is 282. The molecule has 7 nitrogen and oxygen atoms in total. The fraction of sp³-hybridized carbons (Fsp3) is 1.00. The molecule has 0 aliphatic carbocycles. The van der Waals surface area contributed by atoms with E-state index < -0.39 is 17.9 Å². The van der Waals surface area contributed by atoms with Gasteiger partial charge in [-0.3, -0.25) is 0 Å². The Morgan fingerprint density at radius 2 is 0.700 bits per heavy atom. The maximum atomic E-state index is 5.76. The fourth-order valence-corrected chi connectivity index (χ4v) is 7.40. The third kappa shape index (κ3) is 15.9. The van der Waals surface area contributed by atoms with E-state index in [1.54, 1.807) is 0 Å². The van der Waals surface area contributed by atoms with Crippen molar-refractivity contribution in [2.45, 2.75) is 93.5 Å². The molecule has 184 valence electrons. The van der Waals surface area contributed by atoms with Crippen molar-refractivity contribution in [2.24, 2.45) is 0 Å². The molecule has 0 bridgehead atoms. The first-order valence-electron chi connectivity index (χ1n) is 12.0. The molecule has 0 saturated heterocycles. The molecule has 0 aliphatic heterocycles. The summed E-state index contributed by atoms with van der Waals surface area (Å²) in [6.07, 6.45) is 4.81. The van der Waals surface area contributed by atoms with E-state index in [-0.39, 0.29) is 0 Å². The van der Waals surface area contributed by atoms with Gasteiger partial charge in [-0.05, 0) is 46.5 Å². The van der Waals surface area contributed by atoms with Gasteiger partial charge in [0.1, 0.15) is 0 Å². The average Bonchev–Trinajstić information content (AvgIpc) is 2.74. The van der Waals surface area contributed by atoms with E-state index in [1.807, 2.05) is 20.8 Å². The van der Waals surface area contributed by atoms with Crippen LogP contribution in [0.5, 0.6) is 0 Å². The van der Waals surface area contributed by atoms with Crippen molar-refractivity contribution in [3.8, 4) is 0 Å². The largest absolute Gasteiger partial charge is 0.679 e. The van der Waals surface area contributed by atoms with Crippen molar-refractivity contribution in [3.05, 3.63) is 0 Å². The molecule has 0 rings (SSSR count). The summed E-state index contributed by atoms with van der Waals surface area (Å²) in [5.74, 6) is 0. The zero-order valence-electron chi connectivity index (χ0n) is 21.1. The minimum atomic E-state index is -2.88. The summed E-state index contributed by atoms with van der Waals surface area (Å²) in [5.41, 5.74) is 0. The van der Waals surface area contributed by atoms with Crippen molar-refractivity contribution in [1.82, 2.24) is 0 Å². The Balaban J connectivity index is 0. The van der Waals surface area contributed by atoms with Crippen LogP contribution >= 0.6 is 0 Å². The van der Waals surface area contributed by atoms with Crippen molar-refractivity contribution >= 4 is 17.9 Å². The summed E-state index contributed by atoms with van der Waals surface area (Å²) in [5, 5.41) is 0. The lowest BCUT2D eigenvalue weighted by molar-refractivity contribution is -0.0347. The second-order valence-electron chi connectivity index (χ2n) is 6.63. The van der Waals surface area contributed by atoms with Crippen LogP contribution in [-0.4, -0.2) is 64.1 Å². The quantitative estimate of drug-likeness (QED) is 0.215. The molecule has 0 saturated carbocycles. The molecule has 0 aromatic rings. The molecule has 0 N–H and O–H groups in total. The summed E-state index contributed by atoms with van der Waals surface area (Å²) in [6.45, 7) is 20.9. The topological polar surface area (TPSA) is 64.6 Å². The van der Waals surface area contributed by atoms with Gasteiger partial charge >= 0.3 is 17.9 Å². The van der Waals surface area contributed by atoms with Crippen LogP contribution in [0.3, 0.4) is 0 Å². The zero-order valence-corrected chi connectivity index (χ0v) is 23.1. The Morgan fingerprint density at radius 1 is 0.400 bits per heavy atom. The van der Waals surface area contributed by atoms with Gasteiger partial charge in [0, 0.05) is 52.3 Å². The minimum Gasteiger partial charge on any atom is -0.374 e. The summed E-state index contributed by atoms with van der Waals surface area (Å²) < 4.78 is 40.0. The van der Waals surface area contributed by atoms with E-state index >= 15 is 0 Å². The van der Waals surface area contributed by atoms with E-state index in [0.29, 0.717) is 46.2 Å². The van der Waals surface area contributed by atoms with Gasteiger partial charge in [-0.25, -0.2) is 0 Å². The highest BCUT2D eigenvalue weighted by atomic mass is 28.4. The molecular formula is C21H50O7Si2. The van der Waals surface area contributed by atoms with Gasteiger partial charge in [-0.1, -0.05) is 41.0 Å². The first-order valence-corrected chi connectivity index (χ1v) is 15.5. The maximum Gasteiger partial charge on any atom is 0.679 e. The Morgan fingerprint density at radius 3 is 0.900 bits per heavy atom. The van der Waals surface area contributed by atoms with E-state index in [2.05, 4.69) is 34.6 Å². The number of hydrogen-bond acceptors (Lipinski definition) is 7. The van der Waals surface area contributed by atoms with Gasteiger partial charge in [-0.2, -0.15) is 0 Å². The summed E-state index contributed by atoms with van der Waals surface area (Å²) in [4.78, 5) is 0. The first kappa shape index (κ1) is 32.3. The lowest BCUT2D eigenvalue weighted by atomic mass is 10.5. The number of rotatable bonds is 20. The molecule has 0 amide bonds. The lowest BCUT2D eigenvalue weighted by Gasteiger charge is -2.27. The molecule has 30 heavy (non-hydrogen) atoms. The molecular weight excluding hydrogens is 420 g/mol. The summed E-state index contributed by atoms with van der Waals surface area (Å²) in [6, 6.07) is 0.919. The highest BCUT2D eigenvalue weighted by Crippen LogP contribution is 2.17. The minimum absolute atomic E-state index is 0.628. The third-order valence-electron chi connectivity index (χ3n) is 3.58. The monoisotopic (exact) mass is 470 g/mol. The predicted octanol–water partition coefficient (Wildman–Crippen LogP) is 5.57. The van der Waals surface area contributed by atoms with Crippen LogP contribution in [0.4, 0.5) is 0 Å². The highest BCUT2D eigenvalue weighted by Gasteiger charge is 2.45. The van der Waals surface area contributed by atoms with E-state index in [1.165, 1.54) is 0 Å². The SMILES string of the molecule is CCCO[Si](OCCC)(OCCC)OCCC.CCC[Si](OCC)(OCC)OCC. The predicted molar refractivity (Wildman–Crippen MR) is 126 cm³/mol. The standard InChI is InChI=1S/C12H28O4Si.C9H22O3Si/c1-5-9-13-17(14-10-6-2,15-11-7-3)16-12-8-4;1-5-9-13(10-6-2,11-7-3)12-8-4/h5-12H2,1-4H3;5-9H2,1-4H3. The maximum absolute atomic E-state index is 5.76. The van der Waals surface area contributed by atoms with Crippen LogP contribution in [0, 0.1) is 0 Å². The Hall–Kier alpha value is 0.154. The Labute approximate surface area is 188 Å². The molecule has 0 aromatic carbocycles. The molecule has 0 spiro atoms. The van der Waals surface area contributed by atoms with Crippen LogP contribution in [0.1, 0.15) is 87.5 Å². The number of hydrogen-bond donors (Lipinski definition) is 0. The molecule has 0 fully saturated rings. The van der Waals surface area contributed by atoms with Crippen LogP contribution < -0.4 is 0 Å². The summed E-state index contributed by atoms with van der Waals surface area (Å²) >= 11 is 0. The second-order valence-corrected chi connectivity index (χ2v) is 11.5. The van der Waals surface area contributed by atoms with Gasteiger partial charge in [0.2, 0.25) is 0 Å². The molecule has 0 radical (unpaired) electrons. The molecule has 0 aromatic heterocycles. The van der Waals surface area contributed by atoms with Crippen LogP contribution in [0.15, 0.2) is 0 Å². The normalized spacial score (nSPS) is 12.0. The molecule has 9 heteroatoms. The van der Waals surface area contributed by atoms with E-state index in [0.717, 1.165) is 38.1 Å². The second kappa shape index (κ2) is 22.4. The smallest absolute Gasteiger partial charge is 0.374 e. The van der Waals surface area contributed by atoms with Gasteiger partial charge in [0.15, 0.2) is 0 Å². The Kier molecular flexibility index (Phi) is 24.1. The van der Waals surface area contributed by atoms with Crippen molar-refractivity contribution in [3.63, 3.8) is 0 Å². The third-order valence-corrected chi connectivity index (χ3v) is 9.11. The van der Waals surface area contributed by atoms with Gasteiger partial charge in [0.25, 0.3) is 0 Å². The van der Waals surface area contributed by atoms with Crippen LogP contribution in [0.25, 0.3) is 0 Å². The molecule has 0 atom stereocenters. The van der Waals surface area contributed by atoms with Gasteiger partial charge < -0.3 is 31.0 Å².